The van der Waals surface area contributed by atoms with Gasteiger partial charge in [0, 0.05) is 11.1 Å². The van der Waals surface area contributed by atoms with Crippen molar-refractivity contribution in [3.63, 3.8) is 0 Å². The van der Waals surface area contributed by atoms with Crippen LogP contribution in [0, 0.1) is 19.7 Å². The molecule has 26 heavy (non-hydrogen) atoms. The summed E-state index contributed by atoms with van der Waals surface area (Å²) in [6, 6.07) is 8.68. The number of amides is 1. The predicted octanol–water partition coefficient (Wildman–Crippen LogP) is 4.04. The first kappa shape index (κ1) is 17.9. The maximum Gasteiger partial charge on any atom is 0.310 e. The van der Waals surface area contributed by atoms with E-state index in [4.69, 9.17) is 4.74 Å². The van der Waals surface area contributed by atoms with Crippen LogP contribution in [0.5, 0.6) is 0 Å². The van der Waals surface area contributed by atoms with E-state index in [9.17, 15) is 14.0 Å². The van der Waals surface area contributed by atoms with Gasteiger partial charge in [0.1, 0.15) is 5.82 Å². The Morgan fingerprint density at radius 1 is 1.19 bits per heavy atom. The lowest BCUT2D eigenvalue weighted by Gasteiger charge is -2.08. The molecule has 1 aliphatic heterocycles. The molecule has 2 aromatic rings. The van der Waals surface area contributed by atoms with Crippen molar-refractivity contribution in [3.8, 4) is 0 Å². The van der Waals surface area contributed by atoms with E-state index in [1.165, 1.54) is 6.07 Å². The van der Waals surface area contributed by atoms with Crippen molar-refractivity contribution < 1.29 is 18.7 Å². The van der Waals surface area contributed by atoms with Crippen LogP contribution in [-0.2, 0) is 20.7 Å². The van der Waals surface area contributed by atoms with Gasteiger partial charge in [-0.1, -0.05) is 18.2 Å². The van der Waals surface area contributed by atoms with Crippen molar-refractivity contribution in [2.24, 2.45) is 0 Å². The summed E-state index contributed by atoms with van der Waals surface area (Å²) in [6.45, 7) is 5.70. The Hall–Kier alpha value is -2.95. The topological polar surface area (TPSA) is 55.4 Å². The van der Waals surface area contributed by atoms with Gasteiger partial charge in [0.05, 0.1) is 18.7 Å². The normalized spacial score (nSPS) is 14.3. The molecule has 0 bridgehead atoms. The first-order valence-electron chi connectivity index (χ1n) is 8.47. The van der Waals surface area contributed by atoms with Crippen molar-refractivity contribution in [2.45, 2.75) is 27.2 Å². The summed E-state index contributed by atoms with van der Waals surface area (Å²) in [7, 11) is 0. The highest BCUT2D eigenvalue weighted by Crippen LogP contribution is 2.35. The molecule has 3 rings (SSSR count). The minimum Gasteiger partial charge on any atom is -0.466 e. The molecule has 1 aliphatic rings. The van der Waals surface area contributed by atoms with E-state index in [1.807, 2.05) is 25.1 Å². The maximum atomic E-state index is 13.7. The van der Waals surface area contributed by atoms with Crippen LogP contribution in [0.4, 0.5) is 10.1 Å². The van der Waals surface area contributed by atoms with Crippen molar-refractivity contribution in [2.75, 3.05) is 11.9 Å². The fourth-order valence-corrected chi connectivity index (χ4v) is 2.97. The minimum absolute atomic E-state index is 0.184. The molecule has 0 aliphatic carbocycles. The van der Waals surface area contributed by atoms with Gasteiger partial charge in [-0.25, -0.2) is 4.39 Å². The molecule has 0 radical (unpaired) electrons. The van der Waals surface area contributed by atoms with Crippen LogP contribution in [0.15, 0.2) is 30.3 Å². The molecule has 2 aromatic carbocycles. The third kappa shape index (κ3) is 3.52. The van der Waals surface area contributed by atoms with Crippen LogP contribution >= 0.6 is 0 Å². The summed E-state index contributed by atoms with van der Waals surface area (Å²) in [4.78, 5) is 24.1. The zero-order valence-corrected chi connectivity index (χ0v) is 15.0. The molecule has 0 aromatic heterocycles. The van der Waals surface area contributed by atoms with Crippen LogP contribution < -0.4 is 5.32 Å². The second-order valence-electron chi connectivity index (χ2n) is 6.33. The van der Waals surface area contributed by atoms with E-state index in [0.717, 1.165) is 16.7 Å². The Bertz CT molecular complexity index is 931. The Kier molecular flexibility index (Phi) is 4.89. The number of carbonyl (C=O) groups is 2. The SMILES string of the molecule is CCOC(=O)Cc1cc(C=C2C(=O)Nc3cc(F)c(C)cc32)ccc1C. The summed E-state index contributed by atoms with van der Waals surface area (Å²) in [5.41, 5.74) is 4.76. The van der Waals surface area contributed by atoms with Gasteiger partial charge in [-0.15, -0.1) is 0 Å². The van der Waals surface area contributed by atoms with Gasteiger partial charge in [0.25, 0.3) is 5.91 Å². The molecule has 0 spiro atoms. The van der Waals surface area contributed by atoms with Crippen LogP contribution in [0.1, 0.15) is 34.7 Å². The lowest BCUT2D eigenvalue weighted by molar-refractivity contribution is -0.142. The summed E-state index contributed by atoms with van der Waals surface area (Å²) in [6.07, 6.45) is 1.94. The number of fused-ring (bicyclic) bond motifs is 1. The van der Waals surface area contributed by atoms with Gasteiger partial charge in [-0.05, 0) is 61.2 Å². The molecular formula is C21H20FNO3. The summed E-state index contributed by atoms with van der Waals surface area (Å²) < 4.78 is 18.7. The molecule has 1 amide bonds. The zero-order valence-electron chi connectivity index (χ0n) is 15.0. The quantitative estimate of drug-likeness (QED) is 0.667. The summed E-state index contributed by atoms with van der Waals surface area (Å²) in [5.74, 6) is -0.898. The fraction of sp³-hybridized carbons (Fsp3) is 0.238. The molecular weight excluding hydrogens is 333 g/mol. The van der Waals surface area contributed by atoms with Crippen molar-refractivity contribution in [1.29, 1.82) is 0 Å². The van der Waals surface area contributed by atoms with E-state index >= 15 is 0 Å². The van der Waals surface area contributed by atoms with E-state index in [0.29, 0.717) is 29.0 Å². The summed E-state index contributed by atoms with van der Waals surface area (Å²) in [5, 5.41) is 2.69. The number of ether oxygens (including phenoxy) is 1. The molecule has 0 atom stereocenters. The highest BCUT2D eigenvalue weighted by Gasteiger charge is 2.25. The number of halogens is 1. The van der Waals surface area contributed by atoms with E-state index in [2.05, 4.69) is 5.32 Å². The highest BCUT2D eigenvalue weighted by atomic mass is 19.1. The number of benzene rings is 2. The summed E-state index contributed by atoms with van der Waals surface area (Å²) >= 11 is 0. The Morgan fingerprint density at radius 2 is 1.96 bits per heavy atom. The van der Waals surface area contributed by atoms with E-state index in [-0.39, 0.29) is 24.1 Å². The van der Waals surface area contributed by atoms with Crippen LogP contribution in [0.2, 0.25) is 0 Å². The lowest BCUT2D eigenvalue weighted by Crippen LogP contribution is -2.08. The van der Waals surface area contributed by atoms with Gasteiger partial charge < -0.3 is 10.1 Å². The number of hydrogen-bond donors (Lipinski definition) is 1. The highest BCUT2D eigenvalue weighted by molar-refractivity contribution is 6.34. The number of aryl methyl sites for hydroxylation is 2. The maximum absolute atomic E-state index is 13.7. The first-order valence-corrected chi connectivity index (χ1v) is 8.47. The Morgan fingerprint density at radius 3 is 2.69 bits per heavy atom. The third-order valence-electron chi connectivity index (χ3n) is 4.41. The number of anilines is 1. The fourth-order valence-electron chi connectivity index (χ4n) is 2.97. The number of rotatable bonds is 4. The molecule has 1 N–H and O–H groups in total. The zero-order chi connectivity index (χ0) is 18.8. The molecule has 134 valence electrons. The number of esters is 1. The van der Waals surface area contributed by atoms with Gasteiger partial charge in [-0.2, -0.15) is 0 Å². The Labute approximate surface area is 151 Å². The Balaban J connectivity index is 1.97. The average molecular weight is 353 g/mol. The molecule has 5 heteroatoms. The van der Waals surface area contributed by atoms with Crippen molar-refractivity contribution in [3.05, 3.63) is 64.0 Å². The second-order valence-corrected chi connectivity index (χ2v) is 6.33. The van der Waals surface area contributed by atoms with Crippen LogP contribution in [0.25, 0.3) is 11.6 Å². The smallest absolute Gasteiger partial charge is 0.310 e. The van der Waals surface area contributed by atoms with Crippen molar-refractivity contribution in [1.82, 2.24) is 0 Å². The third-order valence-corrected chi connectivity index (χ3v) is 4.41. The molecule has 0 saturated heterocycles. The van der Waals surface area contributed by atoms with Gasteiger partial charge in [0.2, 0.25) is 0 Å². The largest absolute Gasteiger partial charge is 0.466 e. The number of hydrogen-bond acceptors (Lipinski definition) is 3. The first-order chi connectivity index (χ1) is 12.4. The van der Waals surface area contributed by atoms with E-state index in [1.54, 1.807) is 26.0 Å². The number of carbonyl (C=O) groups excluding carboxylic acids is 2. The molecule has 0 fully saturated rings. The lowest BCUT2D eigenvalue weighted by atomic mass is 9.98. The standard InChI is InChI=1S/C21H20FNO3/c1-4-26-20(24)10-15-8-14(6-5-12(15)2)9-17-16-7-13(3)18(22)11-19(16)23-21(17)25/h5-9,11H,4,10H2,1-3H3,(H,23,25). The van der Waals surface area contributed by atoms with Crippen LogP contribution in [0.3, 0.4) is 0 Å². The number of nitrogens with one attached hydrogen (secondary N) is 1. The molecule has 0 saturated carbocycles. The van der Waals surface area contributed by atoms with E-state index < -0.39 is 0 Å². The molecule has 4 nitrogen and oxygen atoms in total. The van der Waals surface area contributed by atoms with Gasteiger partial charge in [-0.3, -0.25) is 9.59 Å². The van der Waals surface area contributed by atoms with Gasteiger partial charge in [0.15, 0.2) is 0 Å². The predicted molar refractivity (Wildman–Crippen MR) is 99.2 cm³/mol. The minimum atomic E-state index is -0.350. The molecule has 1 heterocycles. The molecule has 0 unspecified atom stereocenters. The van der Waals surface area contributed by atoms with Gasteiger partial charge >= 0.3 is 5.97 Å². The van der Waals surface area contributed by atoms with Crippen LogP contribution in [-0.4, -0.2) is 18.5 Å². The monoisotopic (exact) mass is 353 g/mol. The average Bonchev–Trinajstić information content (AvgIpc) is 2.86. The van der Waals surface area contributed by atoms with Crippen molar-refractivity contribution >= 4 is 29.2 Å². The second kappa shape index (κ2) is 7.12.